The quantitative estimate of drug-likeness (QED) is 0.495. The number of carbonyl (C=O) groups is 1. The molecule has 2 fully saturated rings. The van der Waals surface area contributed by atoms with Crippen LogP contribution in [-0.2, 0) is 19.4 Å². The lowest BCUT2D eigenvalue weighted by Gasteiger charge is -2.26. The van der Waals surface area contributed by atoms with Gasteiger partial charge in [0.05, 0.1) is 30.3 Å². The first-order valence-electron chi connectivity index (χ1n) is 11.2. The lowest BCUT2D eigenvalue weighted by atomic mass is 9.92. The minimum absolute atomic E-state index is 0.119. The molecular formula is C22H25FN4O5S2. The van der Waals surface area contributed by atoms with E-state index in [4.69, 9.17) is 9.47 Å². The minimum Gasteiger partial charge on any atom is -0.495 e. The predicted molar refractivity (Wildman–Crippen MR) is 124 cm³/mol. The van der Waals surface area contributed by atoms with Crippen molar-refractivity contribution in [3.63, 3.8) is 0 Å². The van der Waals surface area contributed by atoms with E-state index in [0.29, 0.717) is 43.4 Å². The molecular weight excluding hydrogens is 483 g/mol. The van der Waals surface area contributed by atoms with Crippen molar-refractivity contribution in [3.8, 4) is 5.75 Å². The van der Waals surface area contributed by atoms with Gasteiger partial charge >= 0.3 is 0 Å². The van der Waals surface area contributed by atoms with Crippen LogP contribution in [0.4, 0.5) is 9.52 Å². The van der Waals surface area contributed by atoms with Gasteiger partial charge in [0.2, 0.25) is 0 Å². The summed E-state index contributed by atoms with van der Waals surface area (Å²) in [6.45, 7) is 1.25. The fourth-order valence-electron chi connectivity index (χ4n) is 4.44. The summed E-state index contributed by atoms with van der Waals surface area (Å²) in [4.78, 5) is 17.4. The van der Waals surface area contributed by atoms with Crippen LogP contribution in [0.15, 0.2) is 29.4 Å². The van der Waals surface area contributed by atoms with Gasteiger partial charge in [0.25, 0.3) is 5.91 Å². The summed E-state index contributed by atoms with van der Waals surface area (Å²) in [5.41, 5.74) is 0.526. The predicted octanol–water partition coefficient (Wildman–Crippen LogP) is 3.57. The molecule has 0 bridgehead atoms. The van der Waals surface area contributed by atoms with Crippen LogP contribution in [0.3, 0.4) is 0 Å². The second kappa shape index (κ2) is 9.23. The number of amides is 1. The molecule has 1 unspecified atom stereocenters. The number of hydrogen-bond donors (Lipinski definition) is 1. The Morgan fingerprint density at radius 2 is 2.06 bits per heavy atom. The Hall–Kier alpha value is -2.57. The van der Waals surface area contributed by atoms with Crippen molar-refractivity contribution in [2.75, 3.05) is 25.6 Å². The molecule has 34 heavy (non-hydrogen) atoms. The van der Waals surface area contributed by atoms with Crippen molar-refractivity contribution in [2.45, 2.75) is 48.3 Å². The molecule has 12 heteroatoms. The maximum Gasteiger partial charge on any atom is 0.251 e. The number of aromatic nitrogens is 3. The number of anilines is 1. The number of carbonyl (C=O) groups excluding carboxylic acids is 1. The van der Waals surface area contributed by atoms with Crippen LogP contribution in [0, 0.1) is 11.0 Å². The number of sulfone groups is 1. The summed E-state index contributed by atoms with van der Waals surface area (Å²) in [5, 5.41) is 6.84. The van der Waals surface area contributed by atoms with Gasteiger partial charge in [-0.3, -0.25) is 9.48 Å². The number of ether oxygens (including phenoxy) is 2. The summed E-state index contributed by atoms with van der Waals surface area (Å²) in [6, 6.07) is 2.59. The second-order valence-electron chi connectivity index (χ2n) is 8.63. The van der Waals surface area contributed by atoms with E-state index in [0.717, 1.165) is 30.4 Å². The number of methoxy groups -OCH3 is 1. The van der Waals surface area contributed by atoms with Gasteiger partial charge in [-0.2, -0.15) is 9.49 Å². The minimum atomic E-state index is -3.59. The number of thiazole rings is 1. The highest BCUT2D eigenvalue weighted by Crippen LogP contribution is 2.42. The summed E-state index contributed by atoms with van der Waals surface area (Å²) in [6.07, 6.45) is 5.88. The highest BCUT2D eigenvalue weighted by Gasteiger charge is 2.40. The number of nitrogens with one attached hydrogen (secondary N) is 1. The molecule has 1 atom stereocenters. The average Bonchev–Trinajstić information content (AvgIpc) is 3.51. The molecule has 2 aliphatic rings. The van der Waals surface area contributed by atoms with E-state index in [-0.39, 0.29) is 27.6 Å². The highest BCUT2D eigenvalue weighted by molar-refractivity contribution is 7.92. The highest BCUT2D eigenvalue weighted by atomic mass is 32.2. The van der Waals surface area contributed by atoms with Gasteiger partial charge in [-0.05, 0) is 50.2 Å². The number of halogens is 1. The third-order valence-electron chi connectivity index (χ3n) is 6.37. The van der Waals surface area contributed by atoms with Crippen molar-refractivity contribution < 1.29 is 27.1 Å². The zero-order valence-electron chi connectivity index (χ0n) is 18.6. The Balaban J connectivity index is 1.56. The lowest BCUT2D eigenvalue weighted by molar-refractivity contribution is -0.120. The zero-order valence-corrected chi connectivity index (χ0v) is 20.2. The van der Waals surface area contributed by atoms with Gasteiger partial charge < -0.3 is 14.8 Å². The van der Waals surface area contributed by atoms with E-state index < -0.39 is 26.3 Å². The van der Waals surface area contributed by atoms with Crippen LogP contribution in [-0.4, -0.2) is 54.7 Å². The fourth-order valence-corrected chi connectivity index (χ4v) is 6.97. The molecule has 2 aromatic heterocycles. The van der Waals surface area contributed by atoms with Crippen LogP contribution in [0.5, 0.6) is 5.75 Å². The van der Waals surface area contributed by atoms with Gasteiger partial charge in [0.15, 0.2) is 20.1 Å². The Morgan fingerprint density at radius 1 is 1.29 bits per heavy atom. The normalized spacial score (nSPS) is 18.2. The number of benzene rings is 1. The first-order chi connectivity index (χ1) is 16.4. The zero-order chi connectivity index (χ0) is 23.9. The van der Waals surface area contributed by atoms with Crippen molar-refractivity contribution in [1.82, 2.24) is 14.8 Å². The molecule has 3 aromatic rings. The van der Waals surface area contributed by atoms with Gasteiger partial charge in [-0.15, -0.1) is 0 Å². The van der Waals surface area contributed by atoms with Crippen LogP contribution in [0.1, 0.15) is 38.1 Å². The molecule has 182 valence electrons. The Bertz CT molecular complexity index is 1310. The number of rotatable bonds is 8. The first kappa shape index (κ1) is 23.2. The van der Waals surface area contributed by atoms with Gasteiger partial charge in [0.1, 0.15) is 16.7 Å². The summed E-state index contributed by atoms with van der Waals surface area (Å²) in [7, 11) is -2.15. The number of fused-ring (bicyclic) bond motifs is 1. The summed E-state index contributed by atoms with van der Waals surface area (Å²) >= 11 is 0.746. The molecule has 1 aromatic carbocycles. The molecule has 1 saturated heterocycles. The van der Waals surface area contributed by atoms with Crippen molar-refractivity contribution in [1.29, 1.82) is 0 Å². The topological polar surface area (TPSA) is 112 Å². The average molecular weight is 509 g/mol. The molecule has 5 rings (SSSR count). The van der Waals surface area contributed by atoms with Crippen molar-refractivity contribution >= 4 is 43.1 Å². The maximum atomic E-state index is 13.4. The van der Waals surface area contributed by atoms with Crippen LogP contribution >= 0.6 is 11.3 Å². The smallest absolute Gasteiger partial charge is 0.251 e. The van der Waals surface area contributed by atoms with E-state index in [2.05, 4.69) is 15.4 Å². The molecule has 0 radical (unpaired) electrons. The first-order valence-corrected chi connectivity index (χ1v) is 13.5. The Morgan fingerprint density at radius 3 is 2.71 bits per heavy atom. The molecule has 1 saturated carbocycles. The number of hydrogen-bond acceptors (Lipinski definition) is 8. The molecule has 1 amide bonds. The Kier molecular flexibility index (Phi) is 6.30. The Labute approximate surface area is 200 Å². The standard InChI is InChI=1S/C22H25FN4O5S2/c1-31-18-5-4-16-15(20(18)34(29,30)14-2-3-14)11-25-27(16)17(10-13-6-8-32-9-7-13)21(28)26-22-24-12-19(23)33-22/h4-5,11-14,17H,2-3,6-10H2,1H3,(H,24,26,28). The largest absolute Gasteiger partial charge is 0.495 e. The van der Waals surface area contributed by atoms with E-state index in [9.17, 15) is 17.6 Å². The molecule has 1 aliphatic carbocycles. The monoisotopic (exact) mass is 508 g/mol. The van der Waals surface area contributed by atoms with E-state index in [1.165, 1.54) is 13.3 Å². The molecule has 9 nitrogen and oxygen atoms in total. The summed E-state index contributed by atoms with van der Waals surface area (Å²) in [5.74, 6) is 0.112. The third-order valence-corrected chi connectivity index (χ3v) is 9.41. The van der Waals surface area contributed by atoms with Gasteiger partial charge in [-0.25, -0.2) is 13.4 Å². The van der Waals surface area contributed by atoms with E-state index in [1.807, 2.05) is 0 Å². The third kappa shape index (κ3) is 4.41. The molecule has 3 heterocycles. The number of nitrogens with zero attached hydrogens (tertiary/aromatic N) is 3. The molecule has 1 N–H and O–H groups in total. The van der Waals surface area contributed by atoms with Crippen LogP contribution in [0.25, 0.3) is 10.9 Å². The lowest BCUT2D eigenvalue weighted by Crippen LogP contribution is -2.30. The van der Waals surface area contributed by atoms with Crippen LogP contribution < -0.4 is 10.1 Å². The molecule has 1 aliphatic heterocycles. The summed E-state index contributed by atoms with van der Waals surface area (Å²) < 4.78 is 52.3. The molecule has 0 spiro atoms. The second-order valence-corrected chi connectivity index (χ2v) is 11.8. The fraction of sp³-hybridized carbons (Fsp3) is 0.500. The maximum absolute atomic E-state index is 13.4. The van der Waals surface area contributed by atoms with Crippen molar-refractivity contribution in [3.05, 3.63) is 29.7 Å². The van der Waals surface area contributed by atoms with Gasteiger partial charge in [-0.1, -0.05) is 11.3 Å². The van der Waals surface area contributed by atoms with E-state index >= 15 is 0 Å². The van der Waals surface area contributed by atoms with Gasteiger partial charge in [0, 0.05) is 18.6 Å². The van der Waals surface area contributed by atoms with Crippen molar-refractivity contribution in [2.24, 2.45) is 5.92 Å². The SMILES string of the molecule is COc1ccc2c(cnn2C(CC2CCOCC2)C(=O)Nc2ncc(F)s2)c1S(=O)(=O)C1CC1. The van der Waals surface area contributed by atoms with Crippen LogP contribution in [0.2, 0.25) is 0 Å². The van der Waals surface area contributed by atoms with E-state index in [1.54, 1.807) is 16.8 Å².